The molecule has 4 N–H and O–H groups in total. The van der Waals surface area contributed by atoms with Crippen molar-refractivity contribution in [2.45, 2.75) is 42.5 Å². The third-order valence-electron chi connectivity index (χ3n) is 4.95. The van der Waals surface area contributed by atoms with E-state index in [1.54, 1.807) is 36.4 Å². The highest BCUT2D eigenvalue weighted by Crippen LogP contribution is 2.33. The number of benzene rings is 2. The first-order valence-corrected chi connectivity index (χ1v) is 11.5. The first kappa shape index (κ1) is 23.2. The minimum atomic E-state index is -3.42. The van der Waals surface area contributed by atoms with Crippen LogP contribution in [-0.4, -0.2) is 73.2 Å². The molecule has 1 saturated heterocycles. The van der Waals surface area contributed by atoms with Crippen LogP contribution in [-0.2, 0) is 19.4 Å². The molecule has 0 bridgehead atoms. The Morgan fingerprint density at radius 2 is 1.84 bits per heavy atom. The van der Waals surface area contributed by atoms with Gasteiger partial charge in [0.1, 0.15) is 30.1 Å². The number of nitrogens with one attached hydrogen (secondary N) is 1. The Kier molecular flexibility index (Phi) is 6.97. The molecule has 168 valence electrons. The summed E-state index contributed by atoms with van der Waals surface area (Å²) in [7, 11) is -3.42. The quantitative estimate of drug-likeness (QED) is 0.484. The van der Waals surface area contributed by atoms with Crippen molar-refractivity contribution < 1.29 is 38.0 Å². The molecule has 0 radical (unpaired) electrons. The van der Waals surface area contributed by atoms with Gasteiger partial charge in [0, 0.05) is 18.7 Å². The normalized spacial score (nSPS) is 26.3. The third kappa shape index (κ3) is 5.23. The number of carbonyl (C=O) groups excluding carboxylic acids is 1. The lowest BCUT2D eigenvalue weighted by Gasteiger charge is -2.42. The second-order valence-electron chi connectivity index (χ2n) is 7.35. The Morgan fingerprint density at radius 1 is 1.13 bits per heavy atom. The Bertz CT molecular complexity index is 1040. The lowest BCUT2D eigenvalue weighted by Crippen LogP contribution is -2.65. The molecule has 0 aromatic heterocycles. The Balaban J connectivity index is 1.98. The van der Waals surface area contributed by atoms with Gasteiger partial charge in [-0.15, -0.1) is 0 Å². The van der Waals surface area contributed by atoms with Crippen molar-refractivity contribution in [1.29, 1.82) is 0 Å². The van der Waals surface area contributed by atoms with Gasteiger partial charge in [0.2, 0.25) is 12.2 Å². The van der Waals surface area contributed by atoms with Gasteiger partial charge < -0.3 is 30.1 Å². The molecule has 1 aliphatic rings. The summed E-state index contributed by atoms with van der Waals surface area (Å²) < 4.78 is 35.4. The van der Waals surface area contributed by atoms with E-state index < -0.39 is 53.0 Å². The smallest absolute Gasteiger partial charge is 0.223 e. The Labute approximate surface area is 180 Å². The summed E-state index contributed by atoms with van der Waals surface area (Å²) in [6.07, 6.45) is -4.10. The van der Waals surface area contributed by atoms with Gasteiger partial charge in [-0.2, -0.15) is 0 Å². The van der Waals surface area contributed by atoms with Crippen molar-refractivity contribution in [3.63, 3.8) is 0 Å². The maximum Gasteiger partial charge on any atom is 0.223 e. The molecular formula is C21H25NO8S. The van der Waals surface area contributed by atoms with Crippen LogP contribution in [0.3, 0.4) is 0 Å². The number of aliphatic hydroxyl groups excluding tert-OH is 3. The molecule has 1 amide bonds. The average molecular weight is 451 g/mol. The second-order valence-corrected chi connectivity index (χ2v) is 9.36. The highest BCUT2D eigenvalue weighted by molar-refractivity contribution is 7.90. The van der Waals surface area contributed by atoms with Crippen LogP contribution < -0.4 is 10.1 Å². The van der Waals surface area contributed by atoms with E-state index in [1.807, 2.05) is 0 Å². The number of sulfone groups is 1. The van der Waals surface area contributed by atoms with E-state index in [0.717, 1.165) is 6.26 Å². The fraction of sp³-hybridized carbons (Fsp3) is 0.381. The summed E-state index contributed by atoms with van der Waals surface area (Å²) in [4.78, 5) is 11.8. The maximum absolute atomic E-state index is 11.9. The van der Waals surface area contributed by atoms with Gasteiger partial charge in [-0.1, -0.05) is 30.3 Å². The third-order valence-corrected chi connectivity index (χ3v) is 6.06. The van der Waals surface area contributed by atoms with E-state index in [-0.39, 0.29) is 4.90 Å². The number of aliphatic hydroxyl groups is 3. The van der Waals surface area contributed by atoms with Crippen LogP contribution in [0.1, 0.15) is 6.92 Å². The van der Waals surface area contributed by atoms with Crippen LogP contribution in [0, 0.1) is 0 Å². The number of hydrogen-bond donors (Lipinski definition) is 4. The molecule has 0 aliphatic carbocycles. The van der Waals surface area contributed by atoms with Crippen molar-refractivity contribution >= 4 is 15.7 Å². The van der Waals surface area contributed by atoms with Crippen LogP contribution in [0.2, 0.25) is 0 Å². The van der Waals surface area contributed by atoms with Gasteiger partial charge in [-0.25, -0.2) is 8.42 Å². The second kappa shape index (κ2) is 9.33. The molecule has 1 aliphatic heterocycles. The van der Waals surface area contributed by atoms with Gasteiger partial charge in [0.05, 0.1) is 11.5 Å². The molecule has 2 aromatic carbocycles. The first-order valence-electron chi connectivity index (χ1n) is 9.57. The van der Waals surface area contributed by atoms with Gasteiger partial charge in [-0.3, -0.25) is 4.79 Å². The molecule has 0 saturated carbocycles. The zero-order valence-electron chi connectivity index (χ0n) is 17.0. The average Bonchev–Trinajstić information content (AvgIpc) is 2.73. The largest absolute Gasteiger partial charge is 0.462 e. The van der Waals surface area contributed by atoms with E-state index in [1.165, 1.54) is 19.1 Å². The predicted octanol–water partition coefficient (Wildman–Crippen LogP) is 0.0796. The van der Waals surface area contributed by atoms with Gasteiger partial charge >= 0.3 is 0 Å². The molecule has 31 heavy (non-hydrogen) atoms. The van der Waals surface area contributed by atoms with Gasteiger partial charge in [0.25, 0.3) is 0 Å². The monoisotopic (exact) mass is 451 g/mol. The standard InChI is InChI=1S/C21H25NO8S/c1-12(24)22-18-20(26)19(25)17(11-23)30-21(18)29-16-9-4-3-8-15(16)13-6-5-7-14(10-13)31(2,27)28/h3-10,17-21,23,25-26H,11H2,1-2H3,(H,22,24)/t17-,18-,19+,20-,21-/m1/s1. The molecule has 3 rings (SSSR count). The van der Waals surface area contributed by atoms with E-state index in [0.29, 0.717) is 16.9 Å². The van der Waals surface area contributed by atoms with Crippen molar-refractivity contribution in [2.24, 2.45) is 0 Å². The SMILES string of the molecule is CC(=O)N[C@H]1[C@H](Oc2ccccc2-c2cccc(S(C)(=O)=O)c2)O[C@H](CO)[C@H](O)[C@@H]1O. The van der Waals surface area contributed by atoms with E-state index in [2.05, 4.69) is 5.32 Å². The van der Waals surface area contributed by atoms with Crippen molar-refractivity contribution in [1.82, 2.24) is 5.32 Å². The molecule has 5 atom stereocenters. The van der Waals surface area contributed by atoms with Crippen molar-refractivity contribution in [3.05, 3.63) is 48.5 Å². The van der Waals surface area contributed by atoms with Crippen LogP contribution in [0.4, 0.5) is 0 Å². The van der Waals surface area contributed by atoms with E-state index >= 15 is 0 Å². The van der Waals surface area contributed by atoms with Crippen molar-refractivity contribution in [3.8, 4) is 16.9 Å². The van der Waals surface area contributed by atoms with Crippen LogP contribution in [0.5, 0.6) is 5.75 Å². The summed E-state index contributed by atoms with van der Waals surface area (Å²) in [6.45, 7) is 0.682. The molecule has 0 spiro atoms. The summed E-state index contributed by atoms with van der Waals surface area (Å²) in [6, 6.07) is 12.0. The maximum atomic E-state index is 11.9. The number of para-hydroxylation sites is 1. The minimum absolute atomic E-state index is 0.142. The van der Waals surface area contributed by atoms with E-state index in [9.17, 15) is 28.5 Å². The number of amides is 1. The Hall–Kier alpha value is -2.50. The fourth-order valence-corrected chi connectivity index (χ4v) is 4.07. The fourth-order valence-electron chi connectivity index (χ4n) is 3.40. The molecule has 1 heterocycles. The zero-order valence-corrected chi connectivity index (χ0v) is 17.8. The highest BCUT2D eigenvalue weighted by atomic mass is 32.2. The predicted molar refractivity (Wildman–Crippen MR) is 111 cm³/mol. The Morgan fingerprint density at radius 3 is 2.48 bits per heavy atom. The highest BCUT2D eigenvalue weighted by Gasteiger charge is 2.46. The molecular weight excluding hydrogens is 426 g/mol. The topological polar surface area (TPSA) is 142 Å². The van der Waals surface area contributed by atoms with Crippen LogP contribution in [0.25, 0.3) is 11.1 Å². The minimum Gasteiger partial charge on any atom is -0.462 e. The zero-order chi connectivity index (χ0) is 22.8. The summed E-state index contributed by atoms with van der Waals surface area (Å²) in [5.74, 6) is -0.168. The molecule has 9 nitrogen and oxygen atoms in total. The molecule has 10 heteroatoms. The number of ether oxygens (including phenoxy) is 2. The first-order chi connectivity index (χ1) is 14.6. The van der Waals surface area contributed by atoms with Gasteiger partial charge in [0.15, 0.2) is 9.84 Å². The lowest BCUT2D eigenvalue weighted by molar-refractivity contribution is -0.244. The molecule has 1 fully saturated rings. The number of rotatable bonds is 6. The summed E-state index contributed by atoms with van der Waals surface area (Å²) >= 11 is 0. The van der Waals surface area contributed by atoms with E-state index in [4.69, 9.17) is 9.47 Å². The summed E-state index contributed by atoms with van der Waals surface area (Å²) in [5, 5.41) is 32.6. The molecule has 2 aromatic rings. The number of hydrogen-bond acceptors (Lipinski definition) is 8. The summed E-state index contributed by atoms with van der Waals surface area (Å²) in [5.41, 5.74) is 1.13. The number of carbonyl (C=O) groups is 1. The molecule has 0 unspecified atom stereocenters. The lowest BCUT2D eigenvalue weighted by atomic mass is 9.96. The van der Waals surface area contributed by atoms with Crippen LogP contribution >= 0.6 is 0 Å². The van der Waals surface area contributed by atoms with Gasteiger partial charge in [-0.05, 0) is 23.8 Å². The van der Waals surface area contributed by atoms with Crippen LogP contribution in [0.15, 0.2) is 53.4 Å². The van der Waals surface area contributed by atoms with Crippen molar-refractivity contribution in [2.75, 3.05) is 12.9 Å².